The third-order valence-electron chi connectivity index (χ3n) is 3.94. The highest BCUT2D eigenvalue weighted by molar-refractivity contribution is 7.89. The lowest BCUT2D eigenvalue weighted by Crippen LogP contribution is -2.61. The van der Waals surface area contributed by atoms with Crippen molar-refractivity contribution in [2.45, 2.75) is 37.3 Å². The minimum absolute atomic E-state index is 0.145. The Morgan fingerprint density at radius 2 is 2.00 bits per heavy atom. The molecule has 1 amide bonds. The summed E-state index contributed by atoms with van der Waals surface area (Å²) in [6, 6.07) is 6.00. The van der Waals surface area contributed by atoms with Gasteiger partial charge in [-0.2, -0.15) is 9.04 Å². The minimum Gasteiger partial charge on any atom is -0.619 e. The Balaban J connectivity index is 1.73. The summed E-state index contributed by atoms with van der Waals surface area (Å²) in [5.41, 5.74) is -0.610. The number of ether oxygens (including phenoxy) is 1. The molecule has 2 aromatic rings. The number of nitrogens with one attached hydrogen (secondary N) is 1. The molecule has 1 aliphatic rings. The topological polar surface area (TPSA) is 103 Å². The van der Waals surface area contributed by atoms with Crippen LogP contribution in [0.15, 0.2) is 41.6 Å². The van der Waals surface area contributed by atoms with Crippen LogP contribution in [0.5, 0.6) is 0 Å². The van der Waals surface area contributed by atoms with Gasteiger partial charge in [0.1, 0.15) is 5.60 Å². The van der Waals surface area contributed by atoms with Gasteiger partial charge in [-0.25, -0.2) is 13.2 Å². The van der Waals surface area contributed by atoms with Crippen molar-refractivity contribution in [3.8, 4) is 0 Å². The predicted molar refractivity (Wildman–Crippen MR) is 94.8 cm³/mol. The molecule has 8 nitrogen and oxygen atoms in total. The number of hydrogen-bond acceptors (Lipinski definition) is 5. The number of sulfonamides is 1. The summed E-state index contributed by atoms with van der Waals surface area (Å²) >= 11 is 0. The molecule has 0 saturated carbocycles. The highest BCUT2D eigenvalue weighted by Gasteiger charge is 2.38. The predicted octanol–water partition coefficient (Wildman–Crippen LogP) is 1.37. The fourth-order valence-corrected chi connectivity index (χ4v) is 4.49. The van der Waals surface area contributed by atoms with Gasteiger partial charge in [0.15, 0.2) is 12.4 Å². The van der Waals surface area contributed by atoms with E-state index in [1.54, 1.807) is 32.9 Å². The van der Waals surface area contributed by atoms with Crippen LogP contribution in [-0.4, -0.2) is 43.5 Å². The molecule has 1 aromatic carbocycles. The van der Waals surface area contributed by atoms with E-state index in [0.717, 1.165) is 0 Å². The van der Waals surface area contributed by atoms with Crippen LogP contribution < -0.4 is 10.0 Å². The van der Waals surface area contributed by atoms with E-state index in [1.807, 2.05) is 0 Å². The van der Waals surface area contributed by atoms with E-state index in [0.29, 0.717) is 15.5 Å². The molecule has 2 heterocycles. The second kappa shape index (κ2) is 6.40. The highest BCUT2D eigenvalue weighted by atomic mass is 32.2. The first-order valence-corrected chi connectivity index (χ1v) is 9.61. The quantitative estimate of drug-likeness (QED) is 0.641. The zero-order valence-electron chi connectivity index (χ0n) is 14.8. The van der Waals surface area contributed by atoms with Gasteiger partial charge in [0, 0.05) is 29.9 Å². The molecule has 0 unspecified atom stereocenters. The number of rotatable bonds is 3. The van der Waals surface area contributed by atoms with Gasteiger partial charge in [-0.1, -0.05) is 6.07 Å². The Morgan fingerprint density at radius 3 is 2.65 bits per heavy atom. The number of nitrogens with zero attached hydrogens (tertiary/aromatic N) is 2. The second-order valence-electron chi connectivity index (χ2n) is 7.23. The number of hydrogen-bond donors (Lipinski definition) is 1. The maximum Gasteiger partial charge on any atom is 0.407 e. The van der Waals surface area contributed by atoms with Crippen LogP contribution >= 0.6 is 0 Å². The molecule has 26 heavy (non-hydrogen) atoms. The summed E-state index contributed by atoms with van der Waals surface area (Å²) in [6.45, 7) is 5.63. The van der Waals surface area contributed by atoms with Crippen molar-refractivity contribution in [3.05, 3.63) is 41.9 Å². The van der Waals surface area contributed by atoms with Crippen molar-refractivity contribution in [2.24, 2.45) is 0 Å². The Hall–Kier alpha value is -2.39. The van der Waals surface area contributed by atoms with Crippen LogP contribution in [0.25, 0.3) is 10.8 Å². The molecule has 0 radical (unpaired) electrons. The highest BCUT2D eigenvalue weighted by Crippen LogP contribution is 2.27. The van der Waals surface area contributed by atoms with Crippen LogP contribution in [0.2, 0.25) is 0 Å². The van der Waals surface area contributed by atoms with Crippen molar-refractivity contribution in [1.29, 1.82) is 0 Å². The van der Waals surface area contributed by atoms with Gasteiger partial charge in [0.05, 0.1) is 10.9 Å². The van der Waals surface area contributed by atoms with E-state index in [1.165, 1.54) is 28.8 Å². The first-order valence-electron chi connectivity index (χ1n) is 8.17. The zero-order chi connectivity index (χ0) is 19.1. The molecule has 0 aliphatic carbocycles. The van der Waals surface area contributed by atoms with E-state index >= 15 is 0 Å². The Bertz CT molecular complexity index is 947. The number of fused-ring (bicyclic) bond motifs is 1. The van der Waals surface area contributed by atoms with E-state index < -0.39 is 21.7 Å². The zero-order valence-corrected chi connectivity index (χ0v) is 15.6. The van der Waals surface area contributed by atoms with Gasteiger partial charge < -0.3 is 15.3 Å². The number of carbonyl (C=O) groups is 1. The van der Waals surface area contributed by atoms with Gasteiger partial charge in [0.25, 0.3) is 0 Å². The largest absolute Gasteiger partial charge is 0.619 e. The van der Waals surface area contributed by atoms with E-state index in [9.17, 15) is 18.4 Å². The molecule has 1 N–H and O–H groups in total. The summed E-state index contributed by atoms with van der Waals surface area (Å²) < 4.78 is 32.8. The van der Waals surface area contributed by atoms with Gasteiger partial charge >= 0.3 is 6.09 Å². The van der Waals surface area contributed by atoms with Crippen molar-refractivity contribution >= 4 is 26.9 Å². The van der Waals surface area contributed by atoms with Gasteiger partial charge in [-0.15, -0.1) is 0 Å². The molecule has 0 bridgehead atoms. The van der Waals surface area contributed by atoms with E-state index in [4.69, 9.17) is 4.74 Å². The molecule has 1 aromatic heterocycles. The summed E-state index contributed by atoms with van der Waals surface area (Å²) in [5.74, 6) is 0. The normalized spacial score (nSPS) is 16.3. The number of alkyl carbamates (subject to hydrolysis) is 1. The first kappa shape index (κ1) is 18.4. The SMILES string of the molecule is CC(C)(C)OC(=O)NC1CN(S(=O)(=O)c2cccc3c[n+]([O-])ccc23)C1. The van der Waals surface area contributed by atoms with Crippen LogP contribution in [0.3, 0.4) is 0 Å². The lowest BCUT2D eigenvalue weighted by Gasteiger charge is -2.38. The number of benzene rings is 1. The summed E-state index contributed by atoms with van der Waals surface area (Å²) in [7, 11) is -3.72. The van der Waals surface area contributed by atoms with Crippen LogP contribution in [0, 0.1) is 5.21 Å². The third kappa shape index (κ3) is 3.73. The second-order valence-corrected chi connectivity index (χ2v) is 9.14. The Morgan fingerprint density at radius 1 is 1.31 bits per heavy atom. The van der Waals surface area contributed by atoms with Gasteiger partial charge in [-0.3, -0.25) is 0 Å². The number of aromatic nitrogens is 1. The third-order valence-corrected chi connectivity index (χ3v) is 5.83. The van der Waals surface area contributed by atoms with Crippen molar-refractivity contribution in [2.75, 3.05) is 13.1 Å². The first-order chi connectivity index (χ1) is 12.1. The molecular weight excluding hydrogens is 358 g/mol. The molecule has 9 heteroatoms. The maximum absolute atomic E-state index is 12.9. The maximum atomic E-state index is 12.9. The smallest absolute Gasteiger partial charge is 0.407 e. The molecule has 140 valence electrons. The minimum atomic E-state index is -3.72. The monoisotopic (exact) mass is 379 g/mol. The van der Waals surface area contributed by atoms with Crippen LogP contribution in [-0.2, 0) is 14.8 Å². The van der Waals surface area contributed by atoms with Crippen LogP contribution in [0.1, 0.15) is 20.8 Å². The van der Waals surface area contributed by atoms with E-state index in [-0.39, 0.29) is 24.0 Å². The molecule has 0 spiro atoms. The van der Waals surface area contributed by atoms with Crippen LogP contribution in [0.4, 0.5) is 4.79 Å². The summed E-state index contributed by atoms with van der Waals surface area (Å²) in [4.78, 5) is 11.9. The number of amides is 1. The number of carbonyl (C=O) groups excluding carboxylic acids is 1. The lowest BCUT2D eigenvalue weighted by molar-refractivity contribution is -0.603. The molecule has 0 atom stereocenters. The molecule has 1 aliphatic heterocycles. The number of pyridine rings is 1. The van der Waals surface area contributed by atoms with Crippen molar-refractivity contribution in [1.82, 2.24) is 9.62 Å². The van der Waals surface area contributed by atoms with E-state index in [2.05, 4.69) is 5.32 Å². The fourth-order valence-electron chi connectivity index (χ4n) is 2.74. The Kier molecular flexibility index (Phi) is 4.53. The van der Waals surface area contributed by atoms with Crippen molar-refractivity contribution < 1.29 is 22.7 Å². The Labute approximate surface area is 152 Å². The summed E-state index contributed by atoms with van der Waals surface area (Å²) in [6.07, 6.45) is 2.03. The summed E-state index contributed by atoms with van der Waals surface area (Å²) in [5, 5.41) is 15.1. The lowest BCUT2D eigenvalue weighted by atomic mass is 10.2. The fraction of sp³-hybridized carbons (Fsp3) is 0.412. The standard InChI is InChI=1S/C17H21N3O5S/c1-17(2,3)25-16(21)18-13-10-20(11-13)26(23,24)15-6-4-5-12-9-19(22)8-7-14(12)15/h4-9,13H,10-11H2,1-3H3,(H,18,21). The van der Waals surface area contributed by atoms with Crippen molar-refractivity contribution in [3.63, 3.8) is 0 Å². The average Bonchev–Trinajstić information content (AvgIpc) is 2.47. The molecule has 3 rings (SSSR count). The average molecular weight is 379 g/mol. The van der Waals surface area contributed by atoms with Gasteiger partial charge in [-0.05, 0) is 32.9 Å². The molecule has 1 saturated heterocycles. The molecular formula is C17H21N3O5S. The molecule has 1 fully saturated rings. The van der Waals surface area contributed by atoms with Gasteiger partial charge in [0.2, 0.25) is 10.0 Å².